The first-order valence-corrected chi connectivity index (χ1v) is 12.4. The minimum Gasteiger partial charge on any atom is -0.369 e. The van der Waals surface area contributed by atoms with Crippen molar-refractivity contribution in [1.29, 1.82) is 0 Å². The number of nitrogens with one attached hydrogen (secondary N) is 1. The number of hydrogen-bond donors (Lipinski definition) is 1. The van der Waals surface area contributed by atoms with Crippen molar-refractivity contribution in [2.75, 3.05) is 51.2 Å². The van der Waals surface area contributed by atoms with E-state index in [1.165, 1.54) is 21.7 Å². The second-order valence-corrected chi connectivity index (χ2v) is 9.08. The molecular formula is C27H37N3OS. The van der Waals surface area contributed by atoms with E-state index in [0.717, 1.165) is 52.1 Å². The number of thiophene rings is 1. The van der Waals surface area contributed by atoms with E-state index >= 15 is 0 Å². The van der Waals surface area contributed by atoms with Crippen molar-refractivity contribution in [1.82, 2.24) is 10.2 Å². The summed E-state index contributed by atoms with van der Waals surface area (Å²) in [5.41, 5.74) is 3.84. The predicted octanol–water partition coefficient (Wildman–Crippen LogP) is 5.43. The van der Waals surface area contributed by atoms with E-state index in [2.05, 4.69) is 76.1 Å². The zero-order valence-electron chi connectivity index (χ0n) is 19.3. The normalized spacial score (nSPS) is 16.2. The lowest BCUT2D eigenvalue weighted by Gasteiger charge is -2.37. The lowest BCUT2D eigenvalue weighted by atomic mass is 10.1. The molecule has 5 heteroatoms. The monoisotopic (exact) mass is 451 g/mol. The summed E-state index contributed by atoms with van der Waals surface area (Å²) >= 11 is 1.78. The summed E-state index contributed by atoms with van der Waals surface area (Å²) in [6.07, 6.45) is 7.97. The largest absolute Gasteiger partial charge is 0.369 e. The quantitative estimate of drug-likeness (QED) is 0.411. The van der Waals surface area contributed by atoms with Gasteiger partial charge in [0.05, 0.1) is 12.7 Å². The van der Waals surface area contributed by atoms with Crippen molar-refractivity contribution in [2.45, 2.75) is 25.6 Å². The molecule has 0 amide bonds. The zero-order chi connectivity index (χ0) is 22.6. The van der Waals surface area contributed by atoms with E-state index < -0.39 is 0 Å². The van der Waals surface area contributed by atoms with Gasteiger partial charge in [0.15, 0.2) is 0 Å². The maximum absolute atomic E-state index is 6.44. The lowest BCUT2D eigenvalue weighted by molar-refractivity contribution is 0.0369. The molecule has 1 aromatic heterocycles. The van der Waals surface area contributed by atoms with Gasteiger partial charge in [0.2, 0.25) is 0 Å². The van der Waals surface area contributed by atoms with E-state index in [9.17, 15) is 0 Å². The van der Waals surface area contributed by atoms with Crippen LogP contribution in [0.3, 0.4) is 0 Å². The summed E-state index contributed by atoms with van der Waals surface area (Å²) in [5, 5.41) is 5.38. The van der Waals surface area contributed by atoms with Crippen molar-refractivity contribution >= 4 is 17.0 Å². The van der Waals surface area contributed by atoms with Crippen molar-refractivity contribution < 1.29 is 4.74 Å². The molecule has 2 aromatic rings. The van der Waals surface area contributed by atoms with Gasteiger partial charge in [-0.2, -0.15) is 0 Å². The molecule has 0 spiro atoms. The molecule has 0 bridgehead atoms. The van der Waals surface area contributed by atoms with Crippen LogP contribution in [-0.4, -0.2) is 51.2 Å². The Labute approximate surface area is 197 Å². The van der Waals surface area contributed by atoms with Gasteiger partial charge in [0, 0.05) is 48.9 Å². The molecule has 2 heterocycles. The zero-order valence-corrected chi connectivity index (χ0v) is 20.2. The Kier molecular flexibility index (Phi) is 10.2. The number of benzene rings is 1. The Balaban J connectivity index is 1.56. The molecule has 1 saturated heterocycles. The van der Waals surface area contributed by atoms with Gasteiger partial charge in [-0.15, -0.1) is 11.3 Å². The van der Waals surface area contributed by atoms with Crippen molar-refractivity contribution in [3.05, 3.63) is 89.2 Å². The average Bonchev–Trinajstić information content (AvgIpc) is 3.37. The third-order valence-corrected chi connectivity index (χ3v) is 6.94. The number of anilines is 1. The molecule has 0 saturated carbocycles. The van der Waals surface area contributed by atoms with Crippen LogP contribution in [-0.2, 0) is 11.3 Å². The number of rotatable bonds is 13. The Morgan fingerprint density at radius 2 is 1.97 bits per heavy atom. The van der Waals surface area contributed by atoms with Crippen LogP contribution in [0.5, 0.6) is 0 Å². The Morgan fingerprint density at radius 3 is 2.66 bits per heavy atom. The number of ether oxygens (including phenoxy) is 1. The molecule has 32 heavy (non-hydrogen) atoms. The number of para-hydroxylation sites is 1. The predicted molar refractivity (Wildman–Crippen MR) is 139 cm³/mol. The molecule has 1 atom stereocenters. The van der Waals surface area contributed by atoms with Crippen LogP contribution in [0, 0.1) is 0 Å². The highest BCUT2D eigenvalue weighted by Crippen LogP contribution is 2.29. The van der Waals surface area contributed by atoms with Crippen LogP contribution in [0.4, 0.5) is 5.69 Å². The fourth-order valence-electron chi connectivity index (χ4n) is 4.09. The van der Waals surface area contributed by atoms with E-state index in [4.69, 9.17) is 4.74 Å². The SMILES string of the molecule is C=C/C=C(\C=C)CCN1CCN(c2ccccc2COC(CCNC)c2cccs2)CC1. The van der Waals surface area contributed by atoms with Gasteiger partial charge in [0.1, 0.15) is 0 Å². The summed E-state index contributed by atoms with van der Waals surface area (Å²) in [6, 6.07) is 13.0. The fraction of sp³-hybridized carbons (Fsp3) is 0.407. The summed E-state index contributed by atoms with van der Waals surface area (Å²) in [6.45, 7) is 14.6. The summed E-state index contributed by atoms with van der Waals surface area (Å²) in [5.74, 6) is 0. The molecular weight excluding hydrogens is 414 g/mol. The van der Waals surface area contributed by atoms with Crippen molar-refractivity contribution in [3.8, 4) is 0 Å². The van der Waals surface area contributed by atoms with Crippen LogP contribution in [0.15, 0.2) is 78.7 Å². The molecule has 4 nitrogen and oxygen atoms in total. The molecule has 0 radical (unpaired) electrons. The molecule has 1 unspecified atom stereocenters. The molecule has 1 fully saturated rings. The maximum Gasteiger partial charge on any atom is 0.0933 e. The third-order valence-electron chi connectivity index (χ3n) is 5.97. The lowest BCUT2D eigenvalue weighted by Crippen LogP contribution is -2.47. The number of nitrogens with zero attached hydrogens (tertiary/aromatic N) is 2. The van der Waals surface area contributed by atoms with Crippen LogP contribution >= 0.6 is 11.3 Å². The summed E-state index contributed by atoms with van der Waals surface area (Å²) in [4.78, 5) is 6.35. The minimum absolute atomic E-state index is 0.134. The first-order valence-electron chi connectivity index (χ1n) is 11.5. The second kappa shape index (κ2) is 13.4. The topological polar surface area (TPSA) is 27.7 Å². The molecule has 1 aliphatic rings. The fourth-order valence-corrected chi connectivity index (χ4v) is 4.90. The van der Waals surface area contributed by atoms with Gasteiger partial charge < -0.3 is 15.0 Å². The molecule has 1 aliphatic heterocycles. The van der Waals surface area contributed by atoms with Gasteiger partial charge >= 0.3 is 0 Å². The molecule has 172 valence electrons. The van der Waals surface area contributed by atoms with Crippen LogP contribution < -0.4 is 10.2 Å². The molecule has 3 rings (SSSR count). The third kappa shape index (κ3) is 7.17. The Hall–Kier alpha value is -2.18. The molecule has 1 aromatic carbocycles. The number of allylic oxidation sites excluding steroid dienone is 3. The van der Waals surface area contributed by atoms with Crippen LogP contribution in [0.25, 0.3) is 0 Å². The van der Waals surface area contributed by atoms with E-state index in [-0.39, 0.29) is 6.10 Å². The van der Waals surface area contributed by atoms with Crippen molar-refractivity contribution in [3.63, 3.8) is 0 Å². The molecule has 1 N–H and O–H groups in total. The van der Waals surface area contributed by atoms with Crippen LogP contribution in [0.2, 0.25) is 0 Å². The Bertz CT molecular complexity index is 854. The van der Waals surface area contributed by atoms with E-state index in [1.54, 1.807) is 11.3 Å². The summed E-state index contributed by atoms with van der Waals surface area (Å²) < 4.78 is 6.44. The second-order valence-electron chi connectivity index (χ2n) is 8.10. The average molecular weight is 452 g/mol. The standard InChI is InChI=1S/C27H37N3OS/c1-4-9-23(5-2)14-16-29-17-19-30(20-18-29)25-11-7-6-10-24(25)22-31-26(13-15-28-3)27-12-8-21-32-27/h4-12,21,26,28H,1-2,13-20,22H2,3H3/b23-9+. The highest BCUT2D eigenvalue weighted by Gasteiger charge is 2.20. The van der Waals surface area contributed by atoms with Gasteiger partial charge in [0.25, 0.3) is 0 Å². The molecule has 0 aliphatic carbocycles. The van der Waals surface area contributed by atoms with E-state index in [0.29, 0.717) is 6.61 Å². The van der Waals surface area contributed by atoms with Gasteiger partial charge in [-0.3, -0.25) is 4.90 Å². The van der Waals surface area contributed by atoms with Crippen molar-refractivity contribution in [2.24, 2.45) is 0 Å². The van der Waals surface area contributed by atoms with Crippen LogP contribution in [0.1, 0.15) is 29.4 Å². The summed E-state index contributed by atoms with van der Waals surface area (Å²) in [7, 11) is 1.99. The van der Waals surface area contributed by atoms with Gasteiger partial charge in [-0.1, -0.05) is 55.7 Å². The van der Waals surface area contributed by atoms with Gasteiger partial charge in [-0.25, -0.2) is 0 Å². The highest BCUT2D eigenvalue weighted by molar-refractivity contribution is 7.10. The first-order chi connectivity index (χ1) is 15.7. The maximum atomic E-state index is 6.44. The highest BCUT2D eigenvalue weighted by atomic mass is 32.1. The van der Waals surface area contributed by atoms with E-state index in [1.807, 2.05) is 19.2 Å². The smallest absolute Gasteiger partial charge is 0.0933 e. The minimum atomic E-state index is 0.134. The van der Waals surface area contributed by atoms with Gasteiger partial charge in [-0.05, 0) is 49.5 Å². The Morgan fingerprint density at radius 1 is 1.16 bits per heavy atom. The number of hydrogen-bond acceptors (Lipinski definition) is 5. The number of piperazine rings is 1. The first kappa shape index (κ1) is 24.5.